The molecule has 0 aliphatic carbocycles. The molecule has 0 saturated carbocycles. The van der Waals surface area contributed by atoms with Gasteiger partial charge in [0.25, 0.3) is 0 Å². The summed E-state index contributed by atoms with van der Waals surface area (Å²) in [4.78, 5) is 4.19. The lowest BCUT2D eigenvalue weighted by molar-refractivity contribution is 0.766. The van der Waals surface area contributed by atoms with Crippen molar-refractivity contribution in [3.8, 4) is 0 Å². The molecule has 0 aliphatic heterocycles. The molecule has 1 unspecified atom stereocenters. The van der Waals surface area contributed by atoms with Crippen molar-refractivity contribution in [3.05, 3.63) is 23.4 Å². The summed E-state index contributed by atoms with van der Waals surface area (Å²) in [5.41, 5.74) is 0. The maximum Gasteiger partial charge on any atom is 0.131 e. The quantitative estimate of drug-likeness (QED) is 0.611. The fraction of sp³-hybridized carbons (Fsp3) is 0.545. The predicted octanol–water partition coefficient (Wildman–Crippen LogP) is 3.68. The van der Waals surface area contributed by atoms with Gasteiger partial charge in [0.05, 0.1) is 0 Å². The van der Waals surface area contributed by atoms with Crippen LogP contribution in [0.1, 0.15) is 20.3 Å². The van der Waals surface area contributed by atoms with Crippen molar-refractivity contribution in [3.63, 3.8) is 0 Å². The van der Waals surface area contributed by atoms with E-state index in [9.17, 15) is 0 Å². The Kier molecular flexibility index (Phi) is 5.88. The summed E-state index contributed by atoms with van der Waals surface area (Å²) in [6.45, 7) is 4.35. The van der Waals surface area contributed by atoms with Gasteiger partial charge in [-0.3, -0.25) is 0 Å². The van der Waals surface area contributed by atoms with Crippen molar-refractivity contribution in [1.82, 2.24) is 4.98 Å². The summed E-state index contributed by atoms with van der Waals surface area (Å²) in [5.74, 6) is 3.23. The van der Waals surface area contributed by atoms with Gasteiger partial charge in [0.2, 0.25) is 0 Å². The molecule has 0 spiro atoms. The van der Waals surface area contributed by atoms with Gasteiger partial charge in [0, 0.05) is 6.04 Å². The normalized spacial score (nSPS) is 12.5. The van der Waals surface area contributed by atoms with Gasteiger partial charge in [0.1, 0.15) is 11.0 Å². The highest BCUT2D eigenvalue weighted by Crippen LogP contribution is 2.12. The van der Waals surface area contributed by atoms with Crippen LogP contribution in [0.5, 0.6) is 0 Å². The van der Waals surface area contributed by atoms with Crippen molar-refractivity contribution in [1.29, 1.82) is 0 Å². The largest absolute Gasteiger partial charge is 0.368 e. The molecule has 0 radical (unpaired) electrons. The minimum absolute atomic E-state index is 0.440. The van der Waals surface area contributed by atoms with Crippen LogP contribution < -0.4 is 5.32 Å². The van der Waals surface area contributed by atoms with Crippen molar-refractivity contribution in [2.75, 3.05) is 16.8 Å². The van der Waals surface area contributed by atoms with Crippen molar-refractivity contribution in [2.24, 2.45) is 0 Å². The zero-order chi connectivity index (χ0) is 11.1. The standard InChI is InChI=1S/C11H17ClN2S/c1-3-15-8-7-9(2)13-11-6-4-5-10(12)14-11/h4-6,9H,3,7-8H2,1-2H3,(H,13,14). The number of pyridine rings is 1. The third kappa shape index (κ3) is 5.28. The second-order valence-electron chi connectivity index (χ2n) is 3.38. The van der Waals surface area contributed by atoms with E-state index in [1.54, 1.807) is 6.07 Å². The Morgan fingerprint density at radius 3 is 3.00 bits per heavy atom. The zero-order valence-electron chi connectivity index (χ0n) is 9.16. The second kappa shape index (κ2) is 6.96. The lowest BCUT2D eigenvalue weighted by Crippen LogP contribution is -2.16. The molecule has 1 heterocycles. The van der Waals surface area contributed by atoms with Gasteiger partial charge in [0.15, 0.2) is 0 Å². The molecule has 2 nitrogen and oxygen atoms in total. The van der Waals surface area contributed by atoms with Crippen molar-refractivity contribution < 1.29 is 0 Å². The van der Waals surface area contributed by atoms with E-state index in [4.69, 9.17) is 11.6 Å². The maximum absolute atomic E-state index is 5.80. The molecule has 1 atom stereocenters. The number of halogens is 1. The molecule has 15 heavy (non-hydrogen) atoms. The van der Waals surface area contributed by atoms with Crippen LogP contribution >= 0.6 is 23.4 Å². The van der Waals surface area contributed by atoms with E-state index in [1.165, 1.54) is 11.5 Å². The second-order valence-corrected chi connectivity index (χ2v) is 5.16. The van der Waals surface area contributed by atoms with Gasteiger partial charge in [-0.1, -0.05) is 24.6 Å². The van der Waals surface area contributed by atoms with Gasteiger partial charge in [-0.2, -0.15) is 11.8 Å². The van der Waals surface area contributed by atoms with Crippen molar-refractivity contribution in [2.45, 2.75) is 26.3 Å². The lowest BCUT2D eigenvalue weighted by Gasteiger charge is -2.13. The zero-order valence-corrected chi connectivity index (χ0v) is 10.7. The molecule has 0 aromatic carbocycles. The van der Waals surface area contributed by atoms with Crippen LogP contribution in [0.3, 0.4) is 0 Å². The maximum atomic E-state index is 5.80. The van der Waals surface area contributed by atoms with Crippen LogP contribution in [0, 0.1) is 0 Å². The van der Waals surface area contributed by atoms with Crippen LogP contribution in [-0.4, -0.2) is 22.5 Å². The predicted molar refractivity (Wildman–Crippen MR) is 69.9 cm³/mol. The summed E-state index contributed by atoms with van der Waals surface area (Å²) < 4.78 is 0. The minimum Gasteiger partial charge on any atom is -0.368 e. The van der Waals surface area contributed by atoms with E-state index in [2.05, 4.69) is 24.1 Å². The first-order valence-corrected chi connectivity index (χ1v) is 6.72. The molecule has 0 bridgehead atoms. The van der Waals surface area contributed by atoms with Crippen LogP contribution in [0.2, 0.25) is 5.15 Å². The molecular weight excluding hydrogens is 228 g/mol. The minimum atomic E-state index is 0.440. The average Bonchev–Trinajstić information content (AvgIpc) is 2.18. The van der Waals surface area contributed by atoms with E-state index in [0.717, 1.165) is 12.2 Å². The number of anilines is 1. The fourth-order valence-corrected chi connectivity index (χ4v) is 2.19. The molecule has 0 saturated heterocycles. The van der Waals surface area contributed by atoms with E-state index < -0.39 is 0 Å². The molecule has 0 amide bonds. The Balaban J connectivity index is 2.34. The third-order valence-electron chi connectivity index (χ3n) is 2.01. The van der Waals surface area contributed by atoms with E-state index in [1.807, 2.05) is 23.9 Å². The Labute approximate surface area is 101 Å². The summed E-state index contributed by atoms with van der Waals surface area (Å²) in [6, 6.07) is 6.07. The molecule has 1 rings (SSSR count). The fourth-order valence-electron chi connectivity index (χ4n) is 1.22. The van der Waals surface area contributed by atoms with Crippen molar-refractivity contribution >= 4 is 29.2 Å². The molecular formula is C11H17ClN2S. The summed E-state index contributed by atoms with van der Waals surface area (Å²) in [5, 5.41) is 3.87. The molecule has 84 valence electrons. The topological polar surface area (TPSA) is 24.9 Å². The summed E-state index contributed by atoms with van der Waals surface area (Å²) >= 11 is 7.76. The Hall–Kier alpha value is -0.410. The first-order valence-electron chi connectivity index (χ1n) is 5.19. The molecule has 4 heteroatoms. The van der Waals surface area contributed by atoms with Gasteiger partial charge in [-0.15, -0.1) is 0 Å². The lowest BCUT2D eigenvalue weighted by atomic mass is 10.2. The van der Waals surface area contributed by atoms with Crippen LogP contribution in [0.15, 0.2) is 18.2 Å². The Bertz CT molecular complexity index is 294. The highest BCUT2D eigenvalue weighted by Gasteiger charge is 2.02. The SMILES string of the molecule is CCSCCC(C)Nc1cccc(Cl)n1. The molecule has 1 aromatic heterocycles. The smallest absolute Gasteiger partial charge is 0.131 e. The summed E-state index contributed by atoms with van der Waals surface area (Å²) in [7, 11) is 0. The third-order valence-corrected chi connectivity index (χ3v) is 3.15. The van der Waals surface area contributed by atoms with Gasteiger partial charge >= 0.3 is 0 Å². The van der Waals surface area contributed by atoms with Crippen LogP contribution in [0.25, 0.3) is 0 Å². The van der Waals surface area contributed by atoms with Crippen LogP contribution in [-0.2, 0) is 0 Å². The Morgan fingerprint density at radius 2 is 2.33 bits per heavy atom. The van der Waals surface area contributed by atoms with Gasteiger partial charge < -0.3 is 5.32 Å². The van der Waals surface area contributed by atoms with E-state index in [0.29, 0.717) is 11.2 Å². The van der Waals surface area contributed by atoms with Crippen LogP contribution in [0.4, 0.5) is 5.82 Å². The number of nitrogens with zero attached hydrogens (tertiary/aromatic N) is 1. The summed E-state index contributed by atoms with van der Waals surface area (Å²) in [6.07, 6.45) is 1.15. The number of rotatable bonds is 6. The first-order chi connectivity index (χ1) is 7.22. The monoisotopic (exact) mass is 244 g/mol. The molecule has 1 aromatic rings. The van der Waals surface area contributed by atoms with Gasteiger partial charge in [-0.25, -0.2) is 4.98 Å². The molecule has 1 N–H and O–H groups in total. The van der Waals surface area contributed by atoms with E-state index >= 15 is 0 Å². The number of hydrogen-bond donors (Lipinski definition) is 1. The first kappa shape index (κ1) is 12.7. The molecule has 0 aliphatic rings. The number of nitrogens with one attached hydrogen (secondary N) is 1. The van der Waals surface area contributed by atoms with Gasteiger partial charge in [-0.05, 0) is 37.0 Å². The number of aromatic nitrogens is 1. The Morgan fingerprint density at radius 1 is 1.53 bits per heavy atom. The number of thioether (sulfide) groups is 1. The highest BCUT2D eigenvalue weighted by atomic mass is 35.5. The van der Waals surface area contributed by atoms with E-state index in [-0.39, 0.29) is 0 Å². The average molecular weight is 245 g/mol. The molecule has 0 fully saturated rings. The highest BCUT2D eigenvalue weighted by molar-refractivity contribution is 7.99. The number of hydrogen-bond acceptors (Lipinski definition) is 3.